The molecule has 2 rings (SSSR count). The molecule has 7 nitrogen and oxygen atoms in total. The lowest BCUT2D eigenvalue weighted by Crippen LogP contribution is -2.54. The second-order valence-corrected chi connectivity index (χ2v) is 6.12. The van der Waals surface area contributed by atoms with Crippen molar-refractivity contribution in [1.29, 1.82) is 0 Å². The Bertz CT molecular complexity index is 412. The van der Waals surface area contributed by atoms with Crippen LogP contribution in [0.5, 0.6) is 0 Å². The van der Waals surface area contributed by atoms with E-state index in [1.54, 1.807) is 11.0 Å². The summed E-state index contributed by atoms with van der Waals surface area (Å²) in [4.78, 5) is 27.8. The molecule has 2 amide bonds. The first-order valence-corrected chi connectivity index (χ1v) is 8.01. The first-order valence-electron chi connectivity index (χ1n) is 8.01. The summed E-state index contributed by atoms with van der Waals surface area (Å²) in [7, 11) is 0. The molecule has 1 aliphatic carbocycles. The fourth-order valence-electron chi connectivity index (χ4n) is 3.33. The van der Waals surface area contributed by atoms with Gasteiger partial charge in [-0.25, -0.2) is 14.6 Å². The second-order valence-electron chi connectivity index (χ2n) is 6.12. The molecule has 0 aromatic rings. The van der Waals surface area contributed by atoms with Crippen LogP contribution in [0.1, 0.15) is 25.7 Å². The van der Waals surface area contributed by atoms with Gasteiger partial charge < -0.3 is 20.1 Å². The fraction of sp³-hybridized carbons (Fsp3) is 0.867. The molecule has 2 fully saturated rings. The number of hydrogen-bond donors (Lipinski definition) is 2. The molecule has 2 aliphatic rings. The van der Waals surface area contributed by atoms with Gasteiger partial charge in [0.2, 0.25) is 6.08 Å². The highest BCUT2D eigenvalue weighted by atomic mass is 16.5. The molecular formula is C15H25N3O4. The summed E-state index contributed by atoms with van der Waals surface area (Å²) < 4.78 is 5.28. The van der Waals surface area contributed by atoms with Crippen molar-refractivity contribution >= 4 is 12.1 Å². The summed E-state index contributed by atoms with van der Waals surface area (Å²) >= 11 is 0. The molecule has 22 heavy (non-hydrogen) atoms. The Morgan fingerprint density at radius 1 is 1.41 bits per heavy atom. The van der Waals surface area contributed by atoms with Gasteiger partial charge in [-0.15, -0.1) is 0 Å². The number of isocyanates is 1. The molecule has 3 atom stereocenters. The zero-order valence-corrected chi connectivity index (χ0v) is 12.9. The standard InChI is InChI=1S/C15H25N3O4/c19-9-14-10-22-5-4-18(14)15(21)17-8-13-3-1-2-12(6-13)7-16-11-20/h12-14,19H,1-10H2,(H,17,21). The summed E-state index contributed by atoms with van der Waals surface area (Å²) in [5, 5.41) is 12.3. The number of aliphatic imine (C=N–C) groups is 1. The van der Waals surface area contributed by atoms with Crippen molar-refractivity contribution in [3.8, 4) is 0 Å². The minimum atomic E-state index is -0.255. The highest BCUT2D eigenvalue weighted by Gasteiger charge is 2.28. The molecule has 1 aliphatic heterocycles. The number of ether oxygens (including phenoxy) is 1. The minimum absolute atomic E-state index is 0.0807. The lowest BCUT2D eigenvalue weighted by atomic mass is 9.81. The van der Waals surface area contributed by atoms with Crippen LogP contribution >= 0.6 is 0 Å². The van der Waals surface area contributed by atoms with Crippen molar-refractivity contribution in [2.24, 2.45) is 16.8 Å². The fourth-order valence-corrected chi connectivity index (χ4v) is 3.33. The third-order valence-electron chi connectivity index (χ3n) is 4.55. The highest BCUT2D eigenvalue weighted by Crippen LogP contribution is 2.28. The van der Waals surface area contributed by atoms with Crippen molar-refractivity contribution in [2.45, 2.75) is 31.7 Å². The van der Waals surface area contributed by atoms with E-state index in [-0.39, 0.29) is 18.7 Å². The van der Waals surface area contributed by atoms with E-state index in [4.69, 9.17) is 4.74 Å². The Labute approximate surface area is 130 Å². The molecule has 2 N–H and O–H groups in total. The predicted molar refractivity (Wildman–Crippen MR) is 80.2 cm³/mol. The van der Waals surface area contributed by atoms with Gasteiger partial charge in [0.15, 0.2) is 0 Å². The van der Waals surface area contributed by atoms with Gasteiger partial charge in [-0.1, -0.05) is 6.42 Å². The Kier molecular flexibility index (Phi) is 6.83. The van der Waals surface area contributed by atoms with Gasteiger partial charge in [0.1, 0.15) is 0 Å². The predicted octanol–water partition coefficient (Wildman–Crippen LogP) is 0.531. The number of rotatable bonds is 5. The van der Waals surface area contributed by atoms with Crippen molar-refractivity contribution in [2.75, 3.05) is 39.5 Å². The molecule has 1 heterocycles. The largest absolute Gasteiger partial charge is 0.394 e. The summed E-state index contributed by atoms with van der Waals surface area (Å²) in [5.41, 5.74) is 0. The van der Waals surface area contributed by atoms with Crippen LogP contribution in [0, 0.1) is 11.8 Å². The maximum absolute atomic E-state index is 12.2. The normalized spacial score (nSPS) is 28.8. The summed E-state index contributed by atoms with van der Waals surface area (Å²) in [5.74, 6) is 0.851. The van der Waals surface area contributed by atoms with Crippen LogP contribution in [0.4, 0.5) is 4.79 Å². The summed E-state index contributed by atoms with van der Waals surface area (Å²) in [6.45, 7) is 2.51. The third-order valence-corrected chi connectivity index (χ3v) is 4.55. The summed E-state index contributed by atoms with van der Waals surface area (Å²) in [6, 6.07) is -0.384. The maximum Gasteiger partial charge on any atom is 0.317 e. The lowest BCUT2D eigenvalue weighted by Gasteiger charge is -2.35. The van der Waals surface area contributed by atoms with Crippen LogP contribution in [-0.4, -0.2) is 67.6 Å². The zero-order chi connectivity index (χ0) is 15.8. The van der Waals surface area contributed by atoms with Crippen LogP contribution in [0.2, 0.25) is 0 Å². The molecule has 0 spiro atoms. The topological polar surface area (TPSA) is 91.2 Å². The van der Waals surface area contributed by atoms with Gasteiger partial charge in [0, 0.05) is 13.1 Å². The number of morpholine rings is 1. The van der Waals surface area contributed by atoms with Gasteiger partial charge in [0.25, 0.3) is 0 Å². The van der Waals surface area contributed by atoms with E-state index in [1.165, 1.54) is 0 Å². The van der Waals surface area contributed by atoms with E-state index in [9.17, 15) is 14.7 Å². The van der Waals surface area contributed by atoms with E-state index in [2.05, 4.69) is 10.3 Å². The number of aliphatic hydroxyl groups excluding tert-OH is 1. The van der Waals surface area contributed by atoms with Gasteiger partial charge >= 0.3 is 6.03 Å². The Morgan fingerprint density at radius 3 is 3.00 bits per heavy atom. The molecule has 0 radical (unpaired) electrons. The van der Waals surface area contributed by atoms with Crippen molar-refractivity contribution in [3.05, 3.63) is 0 Å². The van der Waals surface area contributed by atoms with E-state index < -0.39 is 0 Å². The van der Waals surface area contributed by atoms with Gasteiger partial charge in [-0.3, -0.25) is 0 Å². The highest BCUT2D eigenvalue weighted by molar-refractivity contribution is 5.74. The molecule has 7 heteroatoms. The third kappa shape index (κ3) is 4.80. The van der Waals surface area contributed by atoms with Crippen LogP contribution < -0.4 is 5.32 Å². The van der Waals surface area contributed by atoms with E-state index in [0.29, 0.717) is 44.7 Å². The molecular weight excluding hydrogens is 286 g/mol. The number of nitrogens with one attached hydrogen (secondary N) is 1. The average Bonchev–Trinajstić information content (AvgIpc) is 2.58. The molecule has 3 unspecified atom stereocenters. The van der Waals surface area contributed by atoms with Crippen LogP contribution in [0.25, 0.3) is 0 Å². The molecule has 0 aromatic heterocycles. The monoisotopic (exact) mass is 311 g/mol. The molecule has 124 valence electrons. The average molecular weight is 311 g/mol. The molecule has 0 aromatic carbocycles. The molecule has 0 bridgehead atoms. The number of aliphatic hydroxyl groups is 1. The number of urea groups is 1. The molecule has 1 saturated carbocycles. The second kappa shape index (κ2) is 8.88. The van der Waals surface area contributed by atoms with Crippen LogP contribution in [0.15, 0.2) is 4.99 Å². The van der Waals surface area contributed by atoms with E-state index >= 15 is 0 Å². The van der Waals surface area contributed by atoms with E-state index in [0.717, 1.165) is 25.7 Å². The number of carbonyl (C=O) groups is 1. The Morgan fingerprint density at radius 2 is 2.23 bits per heavy atom. The summed E-state index contributed by atoms with van der Waals surface area (Å²) in [6.07, 6.45) is 5.87. The zero-order valence-electron chi connectivity index (χ0n) is 12.9. The smallest absolute Gasteiger partial charge is 0.317 e. The van der Waals surface area contributed by atoms with Gasteiger partial charge in [-0.2, -0.15) is 0 Å². The van der Waals surface area contributed by atoms with Gasteiger partial charge in [-0.05, 0) is 31.1 Å². The number of hydrogen-bond acceptors (Lipinski definition) is 5. The van der Waals surface area contributed by atoms with E-state index in [1.807, 2.05) is 0 Å². The van der Waals surface area contributed by atoms with Crippen molar-refractivity contribution in [3.63, 3.8) is 0 Å². The Balaban J connectivity index is 1.76. The van der Waals surface area contributed by atoms with Crippen molar-refractivity contribution in [1.82, 2.24) is 10.2 Å². The number of nitrogens with zero attached hydrogens (tertiary/aromatic N) is 2. The lowest BCUT2D eigenvalue weighted by molar-refractivity contribution is -0.00783. The van der Waals surface area contributed by atoms with Crippen molar-refractivity contribution < 1.29 is 19.4 Å². The quantitative estimate of drug-likeness (QED) is 0.572. The molecule has 1 saturated heterocycles. The van der Waals surface area contributed by atoms with Gasteiger partial charge in [0.05, 0.1) is 32.4 Å². The first-order chi connectivity index (χ1) is 10.7. The minimum Gasteiger partial charge on any atom is -0.394 e. The first kappa shape index (κ1) is 16.9. The Hall–Kier alpha value is -1.43. The number of carbonyl (C=O) groups excluding carboxylic acids is 2. The SMILES string of the molecule is O=C=NCC1CCCC(CNC(=O)N2CCOCC2CO)C1. The van der Waals surface area contributed by atoms with Crippen LogP contribution in [-0.2, 0) is 9.53 Å². The van der Waals surface area contributed by atoms with Crippen LogP contribution in [0.3, 0.4) is 0 Å². The maximum atomic E-state index is 12.2. The number of amides is 2.